The van der Waals surface area contributed by atoms with E-state index in [-0.39, 0.29) is 36.6 Å². The lowest BCUT2D eigenvalue weighted by molar-refractivity contribution is 0.209. The first-order valence-electron chi connectivity index (χ1n) is 7.68. The smallest absolute Gasteiger partial charge is 0.146 e. The second-order valence-electron chi connectivity index (χ2n) is 6.00. The number of aryl methyl sites for hydroxylation is 1. The van der Waals surface area contributed by atoms with Gasteiger partial charge in [-0.1, -0.05) is 13.8 Å². The number of hydrogen-bond donors (Lipinski definition) is 2. The number of pyridine rings is 1. The van der Waals surface area contributed by atoms with Crippen molar-refractivity contribution < 1.29 is 13.9 Å². The van der Waals surface area contributed by atoms with Gasteiger partial charge in [-0.25, -0.2) is 13.8 Å². The summed E-state index contributed by atoms with van der Waals surface area (Å²) in [5.41, 5.74) is 2.14. The highest BCUT2D eigenvalue weighted by Gasteiger charge is 2.14. The molecule has 0 aliphatic rings. The van der Waals surface area contributed by atoms with Crippen molar-refractivity contribution in [2.24, 2.45) is 5.92 Å². The van der Waals surface area contributed by atoms with E-state index in [1.54, 1.807) is 25.1 Å². The van der Waals surface area contributed by atoms with Crippen LogP contribution in [0.1, 0.15) is 25.1 Å². The van der Waals surface area contributed by atoms with Crippen molar-refractivity contribution >= 4 is 0 Å². The largest absolute Gasteiger partial charge is 0.395 e. The van der Waals surface area contributed by atoms with Crippen molar-refractivity contribution in [2.75, 3.05) is 6.61 Å². The van der Waals surface area contributed by atoms with E-state index >= 15 is 0 Å². The highest BCUT2D eigenvalue weighted by atomic mass is 19.1. The molecule has 2 rings (SSSR count). The Balaban J connectivity index is 2.23. The molecule has 1 atom stereocenters. The zero-order chi connectivity index (χ0) is 17.0. The van der Waals surface area contributed by atoms with Gasteiger partial charge >= 0.3 is 0 Å². The predicted molar refractivity (Wildman–Crippen MR) is 86.9 cm³/mol. The molecule has 1 aromatic heterocycles. The van der Waals surface area contributed by atoms with Crippen LogP contribution in [0, 0.1) is 24.5 Å². The first-order valence-corrected chi connectivity index (χ1v) is 7.68. The lowest BCUT2D eigenvalue weighted by Crippen LogP contribution is -2.36. The van der Waals surface area contributed by atoms with Crippen molar-refractivity contribution in [3.05, 3.63) is 53.2 Å². The fraction of sp³-hybridized carbons (Fsp3) is 0.389. The van der Waals surface area contributed by atoms with E-state index in [1.165, 1.54) is 12.1 Å². The SMILES string of the molecule is Cc1cc(-c2ccc(F)c(CN[C@@H](CO)C(C)C)n2)ccc1F. The second kappa shape index (κ2) is 7.62. The molecule has 23 heavy (non-hydrogen) atoms. The Morgan fingerprint density at radius 1 is 1.13 bits per heavy atom. The second-order valence-corrected chi connectivity index (χ2v) is 6.00. The molecule has 0 unspecified atom stereocenters. The van der Waals surface area contributed by atoms with Crippen molar-refractivity contribution in [3.63, 3.8) is 0 Å². The van der Waals surface area contributed by atoms with Crippen LogP contribution in [0.2, 0.25) is 0 Å². The van der Waals surface area contributed by atoms with Crippen molar-refractivity contribution in [1.29, 1.82) is 0 Å². The highest BCUT2D eigenvalue weighted by molar-refractivity contribution is 5.60. The van der Waals surface area contributed by atoms with Gasteiger partial charge in [-0.15, -0.1) is 0 Å². The first kappa shape index (κ1) is 17.5. The fourth-order valence-corrected chi connectivity index (χ4v) is 2.31. The lowest BCUT2D eigenvalue weighted by atomic mass is 10.1. The number of benzene rings is 1. The summed E-state index contributed by atoms with van der Waals surface area (Å²) in [4.78, 5) is 4.34. The van der Waals surface area contributed by atoms with Gasteiger partial charge in [-0.05, 0) is 48.7 Å². The van der Waals surface area contributed by atoms with Crippen LogP contribution in [0.4, 0.5) is 8.78 Å². The van der Waals surface area contributed by atoms with Crippen LogP contribution >= 0.6 is 0 Å². The minimum Gasteiger partial charge on any atom is -0.395 e. The van der Waals surface area contributed by atoms with Gasteiger partial charge in [0.15, 0.2) is 0 Å². The van der Waals surface area contributed by atoms with Gasteiger partial charge < -0.3 is 10.4 Å². The quantitative estimate of drug-likeness (QED) is 0.857. The zero-order valence-corrected chi connectivity index (χ0v) is 13.6. The molecular weight excluding hydrogens is 298 g/mol. The fourth-order valence-electron chi connectivity index (χ4n) is 2.31. The van der Waals surface area contributed by atoms with E-state index in [9.17, 15) is 13.9 Å². The summed E-state index contributed by atoms with van der Waals surface area (Å²) >= 11 is 0. The summed E-state index contributed by atoms with van der Waals surface area (Å²) in [6.45, 7) is 5.85. The Bertz CT molecular complexity index is 674. The van der Waals surface area contributed by atoms with E-state index in [2.05, 4.69) is 10.3 Å². The number of nitrogens with zero attached hydrogens (tertiary/aromatic N) is 1. The van der Waals surface area contributed by atoms with Crippen LogP contribution in [-0.2, 0) is 6.54 Å². The van der Waals surface area contributed by atoms with Crippen LogP contribution in [0.5, 0.6) is 0 Å². The van der Waals surface area contributed by atoms with Gasteiger partial charge in [0.2, 0.25) is 0 Å². The molecule has 3 nitrogen and oxygen atoms in total. The van der Waals surface area contributed by atoms with E-state index in [0.29, 0.717) is 11.3 Å². The average Bonchev–Trinajstić information content (AvgIpc) is 2.52. The van der Waals surface area contributed by atoms with E-state index < -0.39 is 5.82 Å². The molecule has 2 aromatic rings. The minimum absolute atomic E-state index is 0.0177. The molecule has 0 saturated heterocycles. The molecule has 1 heterocycles. The summed E-state index contributed by atoms with van der Waals surface area (Å²) in [6, 6.07) is 7.53. The Labute approximate surface area is 135 Å². The lowest BCUT2D eigenvalue weighted by Gasteiger charge is -2.20. The van der Waals surface area contributed by atoms with Crippen LogP contribution < -0.4 is 5.32 Å². The molecule has 0 spiro atoms. The minimum atomic E-state index is -0.402. The maximum Gasteiger partial charge on any atom is 0.146 e. The third kappa shape index (κ3) is 4.33. The van der Waals surface area contributed by atoms with Gasteiger partial charge in [0.1, 0.15) is 11.6 Å². The van der Waals surface area contributed by atoms with Gasteiger partial charge in [0.05, 0.1) is 18.0 Å². The zero-order valence-electron chi connectivity index (χ0n) is 13.6. The number of nitrogens with one attached hydrogen (secondary N) is 1. The third-order valence-corrected chi connectivity index (χ3v) is 3.91. The summed E-state index contributed by atoms with van der Waals surface area (Å²) in [5, 5.41) is 12.4. The number of halogens is 2. The number of aromatic nitrogens is 1. The van der Waals surface area contributed by atoms with Crippen LogP contribution in [0.3, 0.4) is 0 Å². The molecule has 0 bridgehead atoms. The molecule has 0 aliphatic carbocycles. The maximum absolute atomic E-state index is 14.0. The molecule has 0 fully saturated rings. The van der Waals surface area contributed by atoms with Crippen LogP contribution in [-0.4, -0.2) is 22.7 Å². The molecule has 0 aliphatic heterocycles. The first-order chi connectivity index (χ1) is 10.9. The van der Waals surface area contributed by atoms with E-state index in [1.807, 2.05) is 13.8 Å². The Hall–Kier alpha value is -1.85. The van der Waals surface area contributed by atoms with Crippen LogP contribution in [0.15, 0.2) is 30.3 Å². The number of rotatable bonds is 6. The van der Waals surface area contributed by atoms with Crippen LogP contribution in [0.25, 0.3) is 11.3 Å². The molecule has 0 saturated carbocycles. The predicted octanol–water partition coefficient (Wildman–Crippen LogP) is 3.44. The van der Waals surface area contributed by atoms with Crippen molar-refractivity contribution in [1.82, 2.24) is 10.3 Å². The van der Waals surface area contributed by atoms with E-state index in [4.69, 9.17) is 0 Å². The van der Waals surface area contributed by atoms with Gasteiger partial charge in [-0.3, -0.25) is 0 Å². The summed E-state index contributed by atoms with van der Waals surface area (Å²) in [6.07, 6.45) is 0. The molecule has 1 aromatic carbocycles. The highest BCUT2D eigenvalue weighted by Crippen LogP contribution is 2.21. The van der Waals surface area contributed by atoms with Gasteiger partial charge in [0.25, 0.3) is 0 Å². The van der Waals surface area contributed by atoms with Gasteiger partial charge in [0, 0.05) is 18.2 Å². The maximum atomic E-state index is 14.0. The Kier molecular flexibility index (Phi) is 5.80. The van der Waals surface area contributed by atoms with Crippen molar-refractivity contribution in [2.45, 2.75) is 33.4 Å². The van der Waals surface area contributed by atoms with E-state index in [0.717, 1.165) is 5.56 Å². The summed E-state index contributed by atoms with van der Waals surface area (Å²) in [5.74, 6) is -0.452. The molecule has 2 N–H and O–H groups in total. The average molecular weight is 320 g/mol. The number of aliphatic hydroxyl groups is 1. The van der Waals surface area contributed by atoms with Crippen molar-refractivity contribution in [3.8, 4) is 11.3 Å². The number of hydrogen-bond acceptors (Lipinski definition) is 3. The number of aliphatic hydroxyl groups excluding tert-OH is 1. The molecule has 5 heteroatoms. The monoisotopic (exact) mass is 320 g/mol. The summed E-state index contributed by atoms with van der Waals surface area (Å²) in [7, 11) is 0. The molecule has 0 amide bonds. The standard InChI is InChI=1S/C18H22F2N2O/c1-11(2)18(10-23)21-9-17-15(20)6-7-16(22-17)13-4-5-14(19)12(3)8-13/h4-8,11,18,21,23H,9-10H2,1-3H3/t18-/m0/s1. The Morgan fingerprint density at radius 3 is 2.43 bits per heavy atom. The Morgan fingerprint density at radius 2 is 1.83 bits per heavy atom. The summed E-state index contributed by atoms with van der Waals surface area (Å²) < 4.78 is 27.3. The third-order valence-electron chi connectivity index (χ3n) is 3.91. The molecule has 124 valence electrons. The molecular formula is C18H22F2N2O. The normalized spacial score (nSPS) is 12.7. The van der Waals surface area contributed by atoms with Gasteiger partial charge in [-0.2, -0.15) is 0 Å². The topological polar surface area (TPSA) is 45.1 Å². The molecule has 0 radical (unpaired) electrons.